The summed E-state index contributed by atoms with van der Waals surface area (Å²) in [4.78, 5) is 0. The molecule has 0 amide bonds. The Morgan fingerprint density at radius 1 is 1.05 bits per heavy atom. The molecule has 6 heteroatoms. The third-order valence-electron chi connectivity index (χ3n) is 2.69. The molecule has 1 aromatic carbocycles. The van der Waals surface area contributed by atoms with Crippen molar-refractivity contribution in [3.63, 3.8) is 0 Å². The average Bonchev–Trinajstić information content (AvgIpc) is 2.46. The number of hydrogen-bond acceptors (Lipinski definition) is 6. The molecule has 2 N–H and O–H groups in total. The highest BCUT2D eigenvalue weighted by atomic mass is 16.6. The van der Waals surface area contributed by atoms with Crippen molar-refractivity contribution in [2.45, 2.75) is 6.92 Å². The summed E-state index contributed by atoms with van der Waals surface area (Å²) in [6.07, 6.45) is 0. The van der Waals surface area contributed by atoms with Gasteiger partial charge in [-0.25, -0.2) is 0 Å². The van der Waals surface area contributed by atoms with Crippen LogP contribution < -0.4 is 4.74 Å². The molecule has 0 saturated heterocycles. The highest BCUT2D eigenvalue weighted by Gasteiger charge is 2.09. The Morgan fingerprint density at radius 2 is 1.67 bits per heavy atom. The Labute approximate surface area is 125 Å². The lowest BCUT2D eigenvalue weighted by Crippen LogP contribution is -2.12. The summed E-state index contributed by atoms with van der Waals surface area (Å²) in [5.41, 5.74) is 0.766. The Hall–Kier alpha value is -1.63. The lowest BCUT2D eigenvalue weighted by molar-refractivity contribution is 0.0178. The molecule has 0 saturated carbocycles. The van der Waals surface area contributed by atoms with Gasteiger partial charge in [0.25, 0.3) is 0 Å². The maximum Gasteiger partial charge on any atom is 0.166 e. The van der Waals surface area contributed by atoms with Crippen LogP contribution in [0.1, 0.15) is 12.5 Å². The number of nitrogens with one attached hydrogen (secondary N) is 1. The van der Waals surface area contributed by atoms with Gasteiger partial charge >= 0.3 is 0 Å². The third-order valence-corrected chi connectivity index (χ3v) is 2.69. The molecule has 0 aliphatic heterocycles. The van der Waals surface area contributed by atoms with Gasteiger partial charge < -0.3 is 29.5 Å². The fourth-order valence-electron chi connectivity index (χ4n) is 1.62. The number of phenolic OH excluding ortho intramolecular Hbond substituents is 1. The second-order valence-corrected chi connectivity index (χ2v) is 4.34. The molecule has 118 valence electrons. The summed E-state index contributed by atoms with van der Waals surface area (Å²) < 4.78 is 20.9. The molecule has 1 rings (SSSR count). The van der Waals surface area contributed by atoms with Gasteiger partial charge in [0.2, 0.25) is 0 Å². The molecule has 0 spiro atoms. The van der Waals surface area contributed by atoms with Crippen molar-refractivity contribution in [1.82, 2.24) is 0 Å². The van der Waals surface area contributed by atoms with Gasteiger partial charge in [0.1, 0.15) is 6.61 Å². The van der Waals surface area contributed by atoms with Crippen LogP contribution in [0.3, 0.4) is 0 Å². The highest BCUT2D eigenvalue weighted by Crippen LogP contribution is 2.29. The molecule has 0 heterocycles. The minimum atomic E-state index is -0.00658. The Kier molecular flexibility index (Phi) is 8.42. The highest BCUT2D eigenvalue weighted by molar-refractivity contribution is 5.99. The van der Waals surface area contributed by atoms with E-state index in [0.717, 1.165) is 0 Å². The summed E-state index contributed by atoms with van der Waals surface area (Å²) in [6, 6.07) is 5.08. The van der Waals surface area contributed by atoms with Crippen molar-refractivity contribution in [2.75, 3.05) is 46.8 Å². The molecule has 21 heavy (non-hydrogen) atoms. The van der Waals surface area contributed by atoms with Gasteiger partial charge in [0, 0.05) is 18.4 Å². The molecule has 0 radical (unpaired) electrons. The molecule has 0 aromatic heterocycles. The number of hydrogen-bond donors (Lipinski definition) is 2. The van der Waals surface area contributed by atoms with Crippen LogP contribution in [-0.4, -0.2) is 57.6 Å². The van der Waals surface area contributed by atoms with Crippen molar-refractivity contribution in [3.05, 3.63) is 23.8 Å². The molecule has 0 atom stereocenters. The quantitative estimate of drug-likeness (QED) is 0.481. The third kappa shape index (κ3) is 6.57. The van der Waals surface area contributed by atoms with Gasteiger partial charge in [-0.1, -0.05) is 6.07 Å². The fourth-order valence-corrected chi connectivity index (χ4v) is 1.62. The van der Waals surface area contributed by atoms with Gasteiger partial charge in [-0.2, -0.15) is 0 Å². The first-order valence-electron chi connectivity index (χ1n) is 6.81. The van der Waals surface area contributed by atoms with Crippen LogP contribution >= 0.6 is 0 Å². The van der Waals surface area contributed by atoms with Gasteiger partial charge in [0.05, 0.1) is 33.0 Å². The lowest BCUT2D eigenvalue weighted by atomic mass is 10.1. The molecule has 0 aliphatic carbocycles. The van der Waals surface area contributed by atoms with E-state index in [0.29, 0.717) is 56.7 Å². The van der Waals surface area contributed by atoms with Gasteiger partial charge in [-0.15, -0.1) is 0 Å². The van der Waals surface area contributed by atoms with Crippen LogP contribution in [0.25, 0.3) is 0 Å². The first-order valence-corrected chi connectivity index (χ1v) is 6.81. The predicted octanol–water partition coefficient (Wildman–Crippen LogP) is 1.84. The summed E-state index contributed by atoms with van der Waals surface area (Å²) in [6.45, 7) is 4.47. The fraction of sp³-hybridized carbons (Fsp3) is 0.533. The summed E-state index contributed by atoms with van der Waals surface area (Å²) in [5, 5.41) is 17.5. The molecular formula is C15H23NO5. The minimum Gasteiger partial charge on any atom is -0.504 e. The van der Waals surface area contributed by atoms with E-state index >= 15 is 0 Å². The molecular weight excluding hydrogens is 274 g/mol. The van der Waals surface area contributed by atoms with E-state index < -0.39 is 0 Å². The maximum atomic E-state index is 9.94. The average molecular weight is 297 g/mol. The summed E-state index contributed by atoms with van der Waals surface area (Å²) in [5.74, 6) is 0.354. The van der Waals surface area contributed by atoms with Crippen molar-refractivity contribution < 1.29 is 24.1 Å². The first kappa shape index (κ1) is 17.4. The normalized spacial score (nSPS) is 10.6. The van der Waals surface area contributed by atoms with Crippen molar-refractivity contribution in [1.29, 1.82) is 5.41 Å². The van der Waals surface area contributed by atoms with Crippen molar-refractivity contribution in [3.8, 4) is 11.5 Å². The topological polar surface area (TPSA) is 81.0 Å². The number of aromatic hydroxyl groups is 1. The van der Waals surface area contributed by atoms with Crippen molar-refractivity contribution >= 4 is 5.71 Å². The number of ether oxygens (including phenoxy) is 4. The van der Waals surface area contributed by atoms with Gasteiger partial charge in [-0.05, 0) is 19.1 Å². The van der Waals surface area contributed by atoms with Gasteiger partial charge in [-0.3, -0.25) is 0 Å². The van der Waals surface area contributed by atoms with E-state index in [9.17, 15) is 5.11 Å². The Morgan fingerprint density at radius 3 is 2.29 bits per heavy atom. The Balaban J connectivity index is 2.19. The number of rotatable bonds is 11. The van der Waals surface area contributed by atoms with Gasteiger partial charge in [0.15, 0.2) is 11.5 Å². The summed E-state index contributed by atoms with van der Waals surface area (Å²) in [7, 11) is 1.63. The minimum absolute atomic E-state index is 0.00658. The molecule has 1 aromatic rings. The zero-order chi connectivity index (χ0) is 15.5. The van der Waals surface area contributed by atoms with Crippen LogP contribution in [0, 0.1) is 5.41 Å². The zero-order valence-corrected chi connectivity index (χ0v) is 12.6. The van der Waals surface area contributed by atoms with Crippen LogP contribution in [0.15, 0.2) is 18.2 Å². The van der Waals surface area contributed by atoms with Crippen molar-refractivity contribution in [2.24, 2.45) is 0 Å². The Bertz CT molecular complexity index is 436. The number of para-hydroxylation sites is 1. The molecule has 0 aliphatic rings. The first-order chi connectivity index (χ1) is 10.2. The SMILES string of the molecule is COCCOCCOCCOc1cccc(C(C)=N)c1O. The molecule has 0 bridgehead atoms. The monoisotopic (exact) mass is 297 g/mol. The number of benzene rings is 1. The second kappa shape index (κ2) is 10.1. The standard InChI is InChI=1S/C15H23NO5/c1-12(16)13-4-3-5-14(15(13)17)21-11-10-20-9-8-19-7-6-18-2/h3-5,16-17H,6-11H2,1-2H3. The molecule has 0 unspecified atom stereocenters. The maximum absolute atomic E-state index is 9.94. The second-order valence-electron chi connectivity index (χ2n) is 4.34. The van der Waals surface area contributed by atoms with E-state index in [4.69, 9.17) is 24.4 Å². The molecule has 0 fully saturated rings. The van der Waals surface area contributed by atoms with E-state index in [1.54, 1.807) is 32.2 Å². The largest absolute Gasteiger partial charge is 0.504 e. The summed E-state index contributed by atoms with van der Waals surface area (Å²) >= 11 is 0. The zero-order valence-electron chi connectivity index (χ0n) is 12.6. The van der Waals surface area contributed by atoms with Crippen LogP contribution in [-0.2, 0) is 14.2 Å². The van der Waals surface area contributed by atoms with Crippen LogP contribution in [0.5, 0.6) is 11.5 Å². The van der Waals surface area contributed by atoms with Crippen LogP contribution in [0.2, 0.25) is 0 Å². The van der Waals surface area contributed by atoms with E-state index in [1.165, 1.54) is 0 Å². The van der Waals surface area contributed by atoms with E-state index in [-0.39, 0.29) is 5.75 Å². The smallest absolute Gasteiger partial charge is 0.166 e. The predicted molar refractivity (Wildman–Crippen MR) is 79.6 cm³/mol. The molecule has 6 nitrogen and oxygen atoms in total. The number of phenols is 1. The van der Waals surface area contributed by atoms with Crippen LogP contribution in [0.4, 0.5) is 0 Å². The number of methoxy groups -OCH3 is 1. The van der Waals surface area contributed by atoms with E-state index in [1.807, 2.05) is 0 Å². The van der Waals surface area contributed by atoms with E-state index in [2.05, 4.69) is 0 Å². The lowest BCUT2D eigenvalue weighted by Gasteiger charge is -2.11.